The first-order chi connectivity index (χ1) is 12.1. The third-order valence-electron chi connectivity index (χ3n) is 6.65. The van der Waals surface area contributed by atoms with Gasteiger partial charge < -0.3 is 19.5 Å². The van der Waals surface area contributed by atoms with Crippen LogP contribution in [0.2, 0.25) is 0 Å². The van der Waals surface area contributed by atoms with Crippen LogP contribution in [0.15, 0.2) is 24.3 Å². The van der Waals surface area contributed by atoms with Crippen molar-refractivity contribution in [1.29, 1.82) is 0 Å². The van der Waals surface area contributed by atoms with Crippen molar-refractivity contribution in [3.63, 3.8) is 0 Å². The van der Waals surface area contributed by atoms with Crippen LogP contribution in [-0.4, -0.2) is 47.8 Å². The molecule has 0 aromatic heterocycles. The highest BCUT2D eigenvalue weighted by atomic mass is 35.5. The van der Waals surface area contributed by atoms with E-state index in [9.17, 15) is 9.90 Å². The van der Waals surface area contributed by atoms with Crippen molar-refractivity contribution in [3.8, 4) is 11.5 Å². The van der Waals surface area contributed by atoms with E-state index in [4.69, 9.17) is 9.47 Å². The molecule has 140 valence electrons. The minimum atomic E-state index is -0.631. The normalized spacial score (nSPS) is 36.0. The Morgan fingerprint density at radius 1 is 1.42 bits per heavy atom. The zero-order valence-corrected chi connectivity index (χ0v) is 15.8. The van der Waals surface area contributed by atoms with Crippen molar-refractivity contribution in [1.82, 2.24) is 4.90 Å². The van der Waals surface area contributed by atoms with Crippen LogP contribution >= 0.6 is 12.4 Å². The third-order valence-corrected chi connectivity index (χ3v) is 6.65. The van der Waals surface area contributed by atoms with Gasteiger partial charge in [0, 0.05) is 29.4 Å². The molecule has 0 amide bonds. The van der Waals surface area contributed by atoms with Crippen molar-refractivity contribution in [3.05, 3.63) is 35.4 Å². The summed E-state index contributed by atoms with van der Waals surface area (Å²) < 4.78 is 11.8. The Hall–Kier alpha value is -1.56. The number of ether oxygens (including phenoxy) is 2. The fourth-order valence-electron chi connectivity index (χ4n) is 5.50. The summed E-state index contributed by atoms with van der Waals surface area (Å²) in [6.45, 7) is 2.77. The summed E-state index contributed by atoms with van der Waals surface area (Å²) >= 11 is 0. The van der Waals surface area contributed by atoms with Gasteiger partial charge in [-0.1, -0.05) is 25.1 Å². The van der Waals surface area contributed by atoms with Crippen LogP contribution in [0.5, 0.6) is 11.5 Å². The predicted molar refractivity (Wildman–Crippen MR) is 99.1 cm³/mol. The maximum atomic E-state index is 11.8. The van der Waals surface area contributed by atoms with Crippen LogP contribution in [0.25, 0.3) is 0 Å². The van der Waals surface area contributed by atoms with Crippen LogP contribution < -0.4 is 9.47 Å². The van der Waals surface area contributed by atoms with Gasteiger partial charge in [0.05, 0.1) is 0 Å². The number of benzene rings is 1. The minimum absolute atomic E-state index is 0. The van der Waals surface area contributed by atoms with Gasteiger partial charge >= 0.3 is 5.97 Å². The predicted octanol–water partition coefficient (Wildman–Crippen LogP) is 2.23. The molecule has 1 spiro atoms. The second-order valence-electron chi connectivity index (χ2n) is 7.74. The highest BCUT2D eigenvalue weighted by Gasteiger charge is 2.64. The average molecular weight is 378 g/mol. The Bertz CT molecular complexity index is 794. The number of rotatable bonds is 2. The lowest BCUT2D eigenvalue weighted by Gasteiger charge is -2.56. The second-order valence-corrected chi connectivity index (χ2v) is 7.74. The summed E-state index contributed by atoms with van der Waals surface area (Å²) in [7, 11) is 2.19. The number of hydrogen-bond acceptors (Lipinski definition) is 5. The van der Waals surface area contributed by atoms with E-state index in [1.807, 2.05) is 12.1 Å². The molecule has 4 aliphatic rings. The minimum Gasteiger partial charge on any atom is -0.482 e. The molecule has 0 saturated carbocycles. The number of likely N-dealkylation sites (N-methyl/N-ethyl adjacent to an activating group) is 1. The number of carbonyl (C=O) groups is 1. The number of halogens is 1. The summed E-state index contributed by atoms with van der Waals surface area (Å²) in [5.41, 5.74) is 2.24. The molecule has 2 heterocycles. The van der Waals surface area contributed by atoms with E-state index in [-0.39, 0.29) is 29.9 Å². The molecular formula is C20H24ClNO4. The largest absolute Gasteiger partial charge is 0.482 e. The van der Waals surface area contributed by atoms with Gasteiger partial charge in [-0.05, 0) is 38.1 Å². The zero-order chi connectivity index (χ0) is 17.3. The second kappa shape index (κ2) is 5.98. The first-order valence-electron chi connectivity index (χ1n) is 9.16. The number of piperidine rings is 1. The Balaban J connectivity index is 0.00000168. The topological polar surface area (TPSA) is 59.0 Å². The fraction of sp³-hybridized carbons (Fsp3) is 0.550. The van der Waals surface area contributed by atoms with Crippen LogP contribution in [-0.2, 0) is 16.6 Å². The number of aliphatic hydroxyl groups is 1. The Morgan fingerprint density at radius 3 is 3.00 bits per heavy atom. The van der Waals surface area contributed by atoms with Gasteiger partial charge in [-0.3, -0.25) is 4.79 Å². The lowest BCUT2D eigenvalue weighted by atomic mass is 9.53. The molecule has 2 aliphatic heterocycles. The average Bonchev–Trinajstić information content (AvgIpc) is 2.96. The van der Waals surface area contributed by atoms with Crippen molar-refractivity contribution in [2.75, 3.05) is 13.6 Å². The zero-order valence-electron chi connectivity index (χ0n) is 15.0. The molecule has 1 N–H and O–H groups in total. The molecule has 1 aromatic rings. The molecule has 0 unspecified atom stereocenters. The number of hydrogen-bond donors (Lipinski definition) is 1. The van der Waals surface area contributed by atoms with Crippen molar-refractivity contribution in [2.45, 2.75) is 49.9 Å². The maximum Gasteiger partial charge on any atom is 0.311 e. The number of nitrogens with zero attached hydrogens (tertiary/aromatic N) is 1. The monoisotopic (exact) mass is 377 g/mol. The van der Waals surface area contributed by atoms with Gasteiger partial charge in [-0.25, -0.2) is 0 Å². The van der Waals surface area contributed by atoms with Crippen molar-refractivity contribution in [2.24, 2.45) is 5.92 Å². The van der Waals surface area contributed by atoms with Crippen LogP contribution in [0, 0.1) is 5.92 Å². The molecule has 2 aliphatic carbocycles. The Kier molecular flexibility index (Phi) is 4.10. The molecule has 0 radical (unpaired) electrons. The quantitative estimate of drug-likeness (QED) is 0.486. The van der Waals surface area contributed by atoms with Crippen molar-refractivity contribution < 1.29 is 19.4 Å². The number of carbonyl (C=O) groups excluding carboxylic acids is 1. The van der Waals surface area contributed by atoms with Gasteiger partial charge in [0.15, 0.2) is 11.5 Å². The summed E-state index contributed by atoms with van der Waals surface area (Å²) in [6, 6.07) is 4.36. The van der Waals surface area contributed by atoms with Crippen LogP contribution in [0.4, 0.5) is 0 Å². The Labute approximate surface area is 159 Å². The smallest absolute Gasteiger partial charge is 0.311 e. The fourth-order valence-corrected chi connectivity index (χ4v) is 5.50. The highest BCUT2D eigenvalue weighted by molar-refractivity contribution is 5.85. The maximum absolute atomic E-state index is 11.8. The molecule has 1 saturated heterocycles. The molecule has 5 nitrogen and oxygen atoms in total. The highest BCUT2D eigenvalue weighted by Crippen LogP contribution is 2.62. The van der Waals surface area contributed by atoms with E-state index < -0.39 is 6.10 Å². The van der Waals surface area contributed by atoms with Gasteiger partial charge in [-0.2, -0.15) is 0 Å². The summed E-state index contributed by atoms with van der Waals surface area (Å²) in [4.78, 5) is 14.3. The third kappa shape index (κ3) is 2.08. The van der Waals surface area contributed by atoms with Gasteiger partial charge in [0.1, 0.15) is 12.2 Å². The first kappa shape index (κ1) is 17.8. The van der Waals surface area contributed by atoms with Crippen LogP contribution in [0.3, 0.4) is 0 Å². The van der Waals surface area contributed by atoms with E-state index in [0.29, 0.717) is 29.9 Å². The molecule has 2 bridgehead atoms. The standard InChI is InChI=1S/C20H23NO4.ClH/c1-3-16(23)24-15-7-4-11-10-13-12-5-6-14(22)19-20(12,8-9-21(13)2)17(11)18(15)25-19;/h4-7,12-14,19,22H,3,8-10H2,1-2H3;1H/t12-,13+,14-,19-,20-;/m0./s1. The van der Waals surface area contributed by atoms with E-state index in [1.165, 1.54) is 11.1 Å². The van der Waals surface area contributed by atoms with E-state index >= 15 is 0 Å². The van der Waals surface area contributed by atoms with Gasteiger partial charge in [-0.15, -0.1) is 12.4 Å². The summed E-state index contributed by atoms with van der Waals surface area (Å²) in [5, 5.41) is 10.6. The van der Waals surface area contributed by atoms with Gasteiger partial charge in [0.2, 0.25) is 0 Å². The van der Waals surface area contributed by atoms with E-state index in [1.54, 1.807) is 6.92 Å². The molecule has 6 heteroatoms. The number of esters is 1. The lowest BCUT2D eigenvalue weighted by Crippen LogP contribution is -2.64. The molecular weight excluding hydrogens is 354 g/mol. The number of likely N-dealkylation sites (tertiary alicyclic amines) is 1. The number of aliphatic hydroxyl groups excluding tert-OH is 1. The molecule has 5 atom stereocenters. The first-order valence-corrected chi connectivity index (χ1v) is 9.16. The van der Waals surface area contributed by atoms with Crippen molar-refractivity contribution >= 4 is 18.4 Å². The molecule has 5 rings (SSSR count). The summed E-state index contributed by atoms with van der Waals surface area (Å²) in [5.74, 6) is 1.24. The molecule has 1 fully saturated rings. The van der Waals surface area contributed by atoms with E-state index in [2.05, 4.69) is 24.1 Å². The SMILES string of the molecule is CCC(=O)Oc1ccc2c3c1O[C@H]1[C@@H](O)C=C[C@H]4[C@@H](C2)N(C)CC[C@@]341.Cl. The summed E-state index contributed by atoms with van der Waals surface area (Å²) in [6.07, 6.45) is 5.38. The lowest BCUT2D eigenvalue weighted by molar-refractivity contribution is -0.134. The van der Waals surface area contributed by atoms with Crippen LogP contribution in [0.1, 0.15) is 30.9 Å². The van der Waals surface area contributed by atoms with E-state index in [0.717, 1.165) is 19.4 Å². The Morgan fingerprint density at radius 2 is 2.23 bits per heavy atom. The molecule has 26 heavy (non-hydrogen) atoms. The molecule has 1 aromatic carbocycles. The van der Waals surface area contributed by atoms with Gasteiger partial charge in [0.25, 0.3) is 0 Å².